The molecule has 14 heavy (non-hydrogen) atoms. The van der Waals surface area contributed by atoms with Gasteiger partial charge in [-0.3, -0.25) is 0 Å². The lowest BCUT2D eigenvalue weighted by atomic mass is 10.2. The van der Waals surface area contributed by atoms with Gasteiger partial charge in [-0.2, -0.15) is 0 Å². The van der Waals surface area contributed by atoms with Crippen LogP contribution in [0.3, 0.4) is 0 Å². The zero-order chi connectivity index (χ0) is 10.2. The van der Waals surface area contributed by atoms with Gasteiger partial charge in [0.05, 0.1) is 4.58 Å². The van der Waals surface area contributed by atoms with E-state index in [9.17, 15) is 0 Å². The average molecular weight is 226 g/mol. The van der Waals surface area contributed by atoms with Gasteiger partial charge in [0.15, 0.2) is 0 Å². The molecular weight excluding hydrogens is 208 g/mol. The third kappa shape index (κ3) is 3.97. The Bertz CT molecular complexity index is 233. The van der Waals surface area contributed by atoms with Crippen LogP contribution in [0.5, 0.6) is 0 Å². The molecule has 0 saturated carbocycles. The predicted octanol–water partition coefficient (Wildman–Crippen LogP) is 4.58. The number of thioether (sulfide) groups is 2. The Morgan fingerprint density at radius 2 is 1.79 bits per heavy atom. The van der Waals surface area contributed by atoms with Crippen LogP contribution in [0, 0.1) is 0 Å². The Morgan fingerprint density at radius 1 is 1.07 bits per heavy atom. The molecular formula is C12H18S2. The summed E-state index contributed by atoms with van der Waals surface area (Å²) in [4.78, 5) is 0. The van der Waals surface area contributed by atoms with Gasteiger partial charge in [-0.1, -0.05) is 44.2 Å². The fraction of sp³-hybridized carbons (Fsp3) is 0.500. The second kappa shape index (κ2) is 7.24. The Kier molecular flexibility index (Phi) is 6.20. The maximum absolute atomic E-state index is 2.24. The van der Waals surface area contributed by atoms with Crippen molar-refractivity contribution in [3.8, 4) is 0 Å². The van der Waals surface area contributed by atoms with E-state index in [1.54, 1.807) is 0 Å². The minimum absolute atomic E-state index is 0.626. The van der Waals surface area contributed by atoms with E-state index in [2.05, 4.69) is 55.9 Å². The maximum atomic E-state index is 2.24. The molecule has 1 atom stereocenters. The highest BCUT2D eigenvalue weighted by molar-refractivity contribution is 8.16. The van der Waals surface area contributed by atoms with Gasteiger partial charge in [0.25, 0.3) is 0 Å². The van der Waals surface area contributed by atoms with E-state index in [0.29, 0.717) is 4.58 Å². The summed E-state index contributed by atoms with van der Waals surface area (Å²) in [5.41, 5.74) is 1.46. The summed E-state index contributed by atoms with van der Waals surface area (Å²) in [7, 11) is 0. The van der Waals surface area contributed by atoms with Crippen molar-refractivity contribution >= 4 is 23.5 Å². The summed E-state index contributed by atoms with van der Waals surface area (Å²) in [6.07, 6.45) is 1.26. The van der Waals surface area contributed by atoms with Crippen LogP contribution in [0.2, 0.25) is 0 Å². The molecule has 0 aliphatic carbocycles. The molecule has 0 spiro atoms. The van der Waals surface area contributed by atoms with Crippen LogP contribution >= 0.6 is 23.5 Å². The highest BCUT2D eigenvalue weighted by atomic mass is 32.2. The topological polar surface area (TPSA) is 0 Å². The van der Waals surface area contributed by atoms with E-state index in [4.69, 9.17) is 0 Å². The molecule has 0 aliphatic rings. The molecule has 0 aliphatic heterocycles. The zero-order valence-electron chi connectivity index (χ0n) is 8.90. The Morgan fingerprint density at radius 3 is 2.36 bits per heavy atom. The third-order valence-corrected chi connectivity index (χ3v) is 4.81. The summed E-state index contributed by atoms with van der Waals surface area (Å²) in [5.74, 6) is 2.45. The van der Waals surface area contributed by atoms with Crippen LogP contribution in [0.15, 0.2) is 30.3 Å². The van der Waals surface area contributed by atoms with Crippen molar-refractivity contribution in [3.05, 3.63) is 35.9 Å². The molecule has 0 N–H and O–H groups in total. The van der Waals surface area contributed by atoms with E-state index in [1.807, 2.05) is 11.8 Å². The van der Waals surface area contributed by atoms with Gasteiger partial charge >= 0.3 is 0 Å². The Hall–Kier alpha value is -0.0800. The lowest BCUT2D eigenvalue weighted by Gasteiger charge is -2.15. The fourth-order valence-corrected chi connectivity index (χ4v) is 3.76. The molecule has 0 nitrogen and oxygen atoms in total. The van der Waals surface area contributed by atoms with E-state index in [0.717, 1.165) is 0 Å². The maximum Gasteiger partial charge on any atom is 0.0751 e. The van der Waals surface area contributed by atoms with Gasteiger partial charge in [-0.25, -0.2) is 0 Å². The first-order valence-corrected chi connectivity index (χ1v) is 7.26. The molecule has 0 saturated heterocycles. The number of rotatable bonds is 6. The standard InChI is InChI=1S/C12H18S2/c1-3-10-14-12(13-4-2)11-8-6-5-7-9-11/h5-9,12H,3-4,10H2,1-2H3. The highest BCUT2D eigenvalue weighted by Crippen LogP contribution is 2.39. The molecule has 0 amide bonds. The van der Waals surface area contributed by atoms with E-state index < -0.39 is 0 Å². The largest absolute Gasteiger partial charge is 0.143 e. The first kappa shape index (κ1) is 12.0. The van der Waals surface area contributed by atoms with E-state index in [-0.39, 0.29) is 0 Å². The Labute approximate surface area is 95.9 Å². The van der Waals surface area contributed by atoms with Crippen LogP contribution in [0.25, 0.3) is 0 Å². The lowest BCUT2D eigenvalue weighted by Crippen LogP contribution is -1.91. The minimum Gasteiger partial charge on any atom is -0.143 e. The first-order chi connectivity index (χ1) is 6.88. The van der Waals surface area contributed by atoms with Crippen molar-refractivity contribution in [2.45, 2.75) is 24.9 Å². The SMILES string of the molecule is CCCSC(SCC)c1ccccc1. The van der Waals surface area contributed by atoms with Crippen molar-refractivity contribution in [1.82, 2.24) is 0 Å². The smallest absolute Gasteiger partial charge is 0.0751 e. The predicted molar refractivity (Wildman–Crippen MR) is 70.1 cm³/mol. The van der Waals surface area contributed by atoms with Gasteiger partial charge in [0, 0.05) is 0 Å². The second-order valence-corrected chi connectivity index (χ2v) is 5.96. The number of benzene rings is 1. The minimum atomic E-state index is 0.626. The molecule has 78 valence electrons. The summed E-state index contributed by atoms with van der Waals surface area (Å²) < 4.78 is 0.626. The van der Waals surface area contributed by atoms with E-state index in [1.165, 1.54) is 23.5 Å². The monoisotopic (exact) mass is 226 g/mol. The van der Waals surface area contributed by atoms with Crippen LogP contribution in [-0.4, -0.2) is 11.5 Å². The van der Waals surface area contributed by atoms with Gasteiger partial charge in [0.2, 0.25) is 0 Å². The normalized spacial score (nSPS) is 12.7. The van der Waals surface area contributed by atoms with Crippen LogP contribution in [-0.2, 0) is 0 Å². The number of hydrogen-bond acceptors (Lipinski definition) is 2. The highest BCUT2D eigenvalue weighted by Gasteiger charge is 2.09. The molecule has 0 radical (unpaired) electrons. The molecule has 0 bridgehead atoms. The molecule has 2 heteroatoms. The lowest BCUT2D eigenvalue weighted by molar-refractivity contribution is 1.10. The molecule has 1 aromatic rings. The summed E-state index contributed by atoms with van der Waals surface area (Å²) in [5, 5.41) is 0. The van der Waals surface area contributed by atoms with Crippen molar-refractivity contribution in [1.29, 1.82) is 0 Å². The zero-order valence-corrected chi connectivity index (χ0v) is 10.5. The van der Waals surface area contributed by atoms with Crippen LogP contribution < -0.4 is 0 Å². The summed E-state index contributed by atoms with van der Waals surface area (Å²) in [6.45, 7) is 4.47. The molecule has 0 fully saturated rings. The van der Waals surface area contributed by atoms with Gasteiger partial charge in [-0.15, -0.1) is 23.5 Å². The molecule has 0 aromatic heterocycles. The second-order valence-electron chi connectivity index (χ2n) is 3.07. The van der Waals surface area contributed by atoms with Gasteiger partial charge < -0.3 is 0 Å². The first-order valence-electron chi connectivity index (χ1n) is 5.16. The molecule has 0 heterocycles. The van der Waals surface area contributed by atoms with Gasteiger partial charge in [-0.05, 0) is 23.5 Å². The van der Waals surface area contributed by atoms with Crippen molar-refractivity contribution in [2.75, 3.05) is 11.5 Å². The molecule has 1 aromatic carbocycles. The molecule has 1 unspecified atom stereocenters. The van der Waals surface area contributed by atoms with Crippen molar-refractivity contribution in [2.24, 2.45) is 0 Å². The third-order valence-electron chi connectivity index (χ3n) is 1.86. The van der Waals surface area contributed by atoms with Crippen molar-refractivity contribution in [3.63, 3.8) is 0 Å². The quantitative estimate of drug-likeness (QED) is 0.651. The van der Waals surface area contributed by atoms with Crippen molar-refractivity contribution < 1.29 is 0 Å². The Balaban J connectivity index is 2.58. The van der Waals surface area contributed by atoms with E-state index >= 15 is 0 Å². The average Bonchev–Trinajstić information content (AvgIpc) is 2.25. The summed E-state index contributed by atoms with van der Waals surface area (Å²) in [6, 6.07) is 10.8. The van der Waals surface area contributed by atoms with Gasteiger partial charge in [0.1, 0.15) is 0 Å². The number of hydrogen-bond donors (Lipinski definition) is 0. The molecule has 1 rings (SSSR count). The summed E-state index contributed by atoms with van der Waals surface area (Å²) >= 11 is 4.09. The van der Waals surface area contributed by atoms with Crippen LogP contribution in [0.1, 0.15) is 30.4 Å². The van der Waals surface area contributed by atoms with Crippen LogP contribution in [0.4, 0.5) is 0 Å². The fourth-order valence-electron chi connectivity index (χ4n) is 1.23.